The molecule has 1 aromatic heterocycles. The number of hydrogen-bond acceptors (Lipinski definition) is 4. The Morgan fingerprint density at radius 3 is 2.52 bits per heavy atom. The van der Waals surface area contributed by atoms with Crippen LogP contribution in [0, 0.1) is 5.82 Å². The van der Waals surface area contributed by atoms with Crippen molar-refractivity contribution in [3.8, 4) is 0 Å². The molecule has 0 unspecified atom stereocenters. The third-order valence-corrected chi connectivity index (χ3v) is 4.08. The third kappa shape index (κ3) is 5.76. The summed E-state index contributed by atoms with van der Waals surface area (Å²) >= 11 is 5.96. The summed E-state index contributed by atoms with van der Waals surface area (Å²) < 4.78 is 13.6. The van der Waals surface area contributed by atoms with Crippen molar-refractivity contribution in [2.75, 3.05) is 17.2 Å². The van der Waals surface area contributed by atoms with E-state index in [1.165, 1.54) is 6.07 Å². The van der Waals surface area contributed by atoms with Crippen LogP contribution in [-0.4, -0.2) is 22.6 Å². The SMILES string of the molecule is O=C(Cc1ccccc1F)Nc1ccc(NCCc2cccc(Cl)c2)nn1. The van der Waals surface area contributed by atoms with Crippen LogP contribution < -0.4 is 10.6 Å². The standard InChI is InChI=1S/C20H18ClFN4O/c21-16-6-3-4-14(12-16)10-11-23-18-8-9-19(26-25-18)24-20(27)13-15-5-1-2-7-17(15)22/h1-9,12H,10-11,13H2,(H,23,25)(H,24,26,27). The molecule has 1 amide bonds. The Labute approximate surface area is 161 Å². The summed E-state index contributed by atoms with van der Waals surface area (Å²) in [5.74, 6) is 0.162. The van der Waals surface area contributed by atoms with Crippen molar-refractivity contribution < 1.29 is 9.18 Å². The summed E-state index contributed by atoms with van der Waals surface area (Å²) in [6.45, 7) is 0.675. The Morgan fingerprint density at radius 1 is 1.00 bits per heavy atom. The molecule has 0 aliphatic carbocycles. The number of hydrogen-bond donors (Lipinski definition) is 2. The number of benzene rings is 2. The van der Waals surface area contributed by atoms with Gasteiger partial charge in [0.1, 0.15) is 11.6 Å². The molecule has 1 heterocycles. The molecule has 0 bridgehead atoms. The normalized spacial score (nSPS) is 10.4. The number of nitrogens with zero attached hydrogens (tertiary/aromatic N) is 2. The Kier molecular flexibility index (Phi) is 6.33. The van der Waals surface area contributed by atoms with Crippen molar-refractivity contribution in [3.63, 3.8) is 0 Å². The van der Waals surface area contributed by atoms with E-state index in [1.807, 2.05) is 24.3 Å². The molecular weight excluding hydrogens is 367 g/mol. The average molecular weight is 385 g/mol. The van der Waals surface area contributed by atoms with Crippen molar-refractivity contribution >= 4 is 29.1 Å². The van der Waals surface area contributed by atoms with Crippen molar-refractivity contribution in [1.29, 1.82) is 0 Å². The number of halogens is 2. The summed E-state index contributed by atoms with van der Waals surface area (Å²) in [6, 6.07) is 17.2. The number of carbonyl (C=O) groups is 1. The lowest BCUT2D eigenvalue weighted by Gasteiger charge is -2.07. The van der Waals surface area contributed by atoms with Gasteiger partial charge in [-0.05, 0) is 47.9 Å². The summed E-state index contributed by atoms with van der Waals surface area (Å²) in [5.41, 5.74) is 1.46. The fraction of sp³-hybridized carbons (Fsp3) is 0.150. The smallest absolute Gasteiger partial charge is 0.230 e. The van der Waals surface area contributed by atoms with E-state index in [0.717, 1.165) is 12.0 Å². The van der Waals surface area contributed by atoms with Gasteiger partial charge in [-0.1, -0.05) is 41.9 Å². The van der Waals surface area contributed by atoms with Gasteiger partial charge in [0.25, 0.3) is 0 Å². The maximum absolute atomic E-state index is 13.6. The summed E-state index contributed by atoms with van der Waals surface area (Å²) in [5, 5.41) is 14.5. The van der Waals surface area contributed by atoms with E-state index in [0.29, 0.717) is 28.8 Å². The van der Waals surface area contributed by atoms with Crippen molar-refractivity contribution in [2.24, 2.45) is 0 Å². The van der Waals surface area contributed by atoms with Crippen LogP contribution >= 0.6 is 11.6 Å². The summed E-state index contributed by atoms with van der Waals surface area (Å²) in [7, 11) is 0. The fourth-order valence-corrected chi connectivity index (χ4v) is 2.74. The van der Waals surface area contributed by atoms with Crippen LogP contribution in [0.1, 0.15) is 11.1 Å². The van der Waals surface area contributed by atoms with Gasteiger partial charge < -0.3 is 10.6 Å². The molecule has 0 aliphatic rings. The minimum Gasteiger partial charge on any atom is -0.368 e. The van der Waals surface area contributed by atoms with Crippen molar-refractivity contribution in [1.82, 2.24) is 10.2 Å². The van der Waals surface area contributed by atoms with Crippen LogP contribution in [0.25, 0.3) is 0 Å². The molecule has 2 aromatic carbocycles. The third-order valence-electron chi connectivity index (χ3n) is 3.85. The monoisotopic (exact) mass is 384 g/mol. The Balaban J connectivity index is 1.48. The Morgan fingerprint density at radius 2 is 1.78 bits per heavy atom. The van der Waals surface area contributed by atoms with Crippen LogP contribution in [0.4, 0.5) is 16.0 Å². The van der Waals surface area contributed by atoms with Crippen molar-refractivity contribution in [3.05, 3.63) is 82.6 Å². The second kappa shape index (κ2) is 9.09. The van der Waals surface area contributed by atoms with Crippen LogP contribution in [-0.2, 0) is 17.6 Å². The summed E-state index contributed by atoms with van der Waals surface area (Å²) in [6.07, 6.45) is 0.733. The van der Waals surface area contributed by atoms with Gasteiger partial charge in [0.15, 0.2) is 5.82 Å². The topological polar surface area (TPSA) is 66.9 Å². The molecule has 0 saturated carbocycles. The molecular formula is C20H18ClFN4O. The van der Waals surface area contributed by atoms with Gasteiger partial charge in [-0.15, -0.1) is 10.2 Å². The van der Waals surface area contributed by atoms with E-state index in [9.17, 15) is 9.18 Å². The average Bonchev–Trinajstić information content (AvgIpc) is 2.65. The lowest BCUT2D eigenvalue weighted by Crippen LogP contribution is -2.16. The van der Waals surface area contributed by atoms with E-state index in [2.05, 4.69) is 20.8 Å². The zero-order valence-corrected chi connectivity index (χ0v) is 15.2. The van der Waals surface area contributed by atoms with Crippen LogP contribution in [0.3, 0.4) is 0 Å². The molecule has 0 atom stereocenters. The van der Waals surface area contributed by atoms with E-state index < -0.39 is 5.82 Å². The first kappa shape index (κ1) is 18.8. The molecule has 0 aliphatic heterocycles. The zero-order chi connectivity index (χ0) is 19.1. The molecule has 2 N–H and O–H groups in total. The van der Waals surface area contributed by atoms with Gasteiger partial charge in [-0.3, -0.25) is 4.79 Å². The quantitative estimate of drug-likeness (QED) is 0.643. The fourth-order valence-electron chi connectivity index (χ4n) is 2.52. The molecule has 0 radical (unpaired) electrons. The van der Waals surface area contributed by atoms with Crippen LogP contribution in [0.5, 0.6) is 0 Å². The minimum absolute atomic E-state index is 0.0615. The highest BCUT2D eigenvalue weighted by atomic mass is 35.5. The van der Waals surface area contributed by atoms with Crippen molar-refractivity contribution in [2.45, 2.75) is 12.8 Å². The zero-order valence-electron chi connectivity index (χ0n) is 14.5. The Bertz CT molecular complexity index is 918. The van der Waals surface area contributed by atoms with Gasteiger partial charge in [0.05, 0.1) is 6.42 Å². The molecule has 0 saturated heterocycles. The highest BCUT2D eigenvalue weighted by molar-refractivity contribution is 6.30. The summed E-state index contributed by atoms with van der Waals surface area (Å²) in [4.78, 5) is 12.0. The Hall–Kier alpha value is -2.99. The molecule has 0 spiro atoms. The molecule has 5 nitrogen and oxygen atoms in total. The first-order valence-electron chi connectivity index (χ1n) is 8.45. The minimum atomic E-state index is -0.405. The number of anilines is 2. The van der Waals surface area contributed by atoms with E-state index in [-0.39, 0.29) is 12.3 Å². The molecule has 138 valence electrons. The lowest BCUT2D eigenvalue weighted by atomic mass is 10.1. The number of carbonyl (C=O) groups excluding carboxylic acids is 1. The van der Waals surface area contributed by atoms with E-state index in [1.54, 1.807) is 30.3 Å². The number of nitrogens with one attached hydrogen (secondary N) is 2. The number of aromatic nitrogens is 2. The molecule has 27 heavy (non-hydrogen) atoms. The largest absolute Gasteiger partial charge is 0.368 e. The number of amides is 1. The maximum atomic E-state index is 13.6. The molecule has 7 heteroatoms. The predicted molar refractivity (Wildman–Crippen MR) is 104 cm³/mol. The van der Waals surface area contributed by atoms with Gasteiger partial charge >= 0.3 is 0 Å². The van der Waals surface area contributed by atoms with Crippen LogP contribution in [0.2, 0.25) is 5.02 Å². The highest BCUT2D eigenvalue weighted by Gasteiger charge is 2.09. The maximum Gasteiger partial charge on any atom is 0.230 e. The van der Waals surface area contributed by atoms with Gasteiger partial charge in [-0.2, -0.15) is 0 Å². The van der Waals surface area contributed by atoms with Gasteiger partial charge in [-0.25, -0.2) is 4.39 Å². The molecule has 3 rings (SSSR count). The van der Waals surface area contributed by atoms with E-state index >= 15 is 0 Å². The lowest BCUT2D eigenvalue weighted by molar-refractivity contribution is -0.115. The van der Waals surface area contributed by atoms with Gasteiger partial charge in [0, 0.05) is 11.6 Å². The molecule has 3 aromatic rings. The molecule has 0 fully saturated rings. The number of rotatable bonds is 7. The first-order chi connectivity index (χ1) is 13.1. The predicted octanol–water partition coefficient (Wildman–Crippen LogP) is 4.10. The highest BCUT2D eigenvalue weighted by Crippen LogP contribution is 2.12. The van der Waals surface area contributed by atoms with Crippen LogP contribution in [0.15, 0.2) is 60.7 Å². The van der Waals surface area contributed by atoms with E-state index in [4.69, 9.17) is 11.6 Å². The first-order valence-corrected chi connectivity index (χ1v) is 8.83. The second-order valence-corrected chi connectivity index (χ2v) is 6.36. The second-order valence-electron chi connectivity index (χ2n) is 5.93. The van der Waals surface area contributed by atoms with Gasteiger partial charge in [0.2, 0.25) is 5.91 Å².